The van der Waals surface area contributed by atoms with E-state index in [2.05, 4.69) is 23.0 Å². The van der Waals surface area contributed by atoms with Crippen LogP contribution in [0.1, 0.15) is 25.1 Å². The van der Waals surface area contributed by atoms with Crippen molar-refractivity contribution in [2.75, 3.05) is 0 Å². The molecule has 2 nitrogen and oxygen atoms in total. The summed E-state index contributed by atoms with van der Waals surface area (Å²) < 4.78 is 0. The summed E-state index contributed by atoms with van der Waals surface area (Å²) in [5, 5.41) is 0. The van der Waals surface area contributed by atoms with Crippen LogP contribution in [0.3, 0.4) is 0 Å². The first-order valence-corrected chi connectivity index (χ1v) is 4.96. The molecule has 0 N–H and O–H groups in total. The van der Waals surface area contributed by atoms with Gasteiger partial charge in [-0.3, -0.25) is 9.97 Å². The normalized spacial score (nSPS) is 9.43. The van der Waals surface area contributed by atoms with Crippen LogP contribution in [0.2, 0.25) is 0 Å². The van der Waals surface area contributed by atoms with Crippen molar-refractivity contribution in [3.05, 3.63) is 35.7 Å². The zero-order valence-electron chi connectivity index (χ0n) is 9.20. The summed E-state index contributed by atoms with van der Waals surface area (Å²) in [4.78, 5) is 8.63. The molecule has 74 valence electrons. The summed E-state index contributed by atoms with van der Waals surface area (Å²) in [6.45, 7) is 8.06. The van der Waals surface area contributed by atoms with E-state index >= 15 is 0 Å². The van der Waals surface area contributed by atoms with E-state index in [1.807, 2.05) is 32.9 Å². The van der Waals surface area contributed by atoms with E-state index < -0.39 is 0 Å². The third kappa shape index (κ3) is 2.08. The summed E-state index contributed by atoms with van der Waals surface area (Å²) in [5.74, 6) is 0. The zero-order chi connectivity index (χ0) is 10.6. The second kappa shape index (κ2) is 4.70. The number of fused-ring (bicyclic) bond motifs is 1. The van der Waals surface area contributed by atoms with E-state index in [1.54, 1.807) is 6.20 Å². The molecule has 2 heteroatoms. The van der Waals surface area contributed by atoms with Crippen molar-refractivity contribution in [2.45, 2.75) is 27.7 Å². The highest BCUT2D eigenvalue weighted by Gasteiger charge is 1.98. The first kappa shape index (κ1) is 10.6. The molecule has 2 heterocycles. The van der Waals surface area contributed by atoms with Crippen molar-refractivity contribution in [3.8, 4) is 0 Å². The van der Waals surface area contributed by atoms with E-state index in [0.717, 1.165) is 16.7 Å². The Morgan fingerprint density at radius 1 is 1.14 bits per heavy atom. The van der Waals surface area contributed by atoms with Gasteiger partial charge in [-0.1, -0.05) is 13.8 Å². The van der Waals surface area contributed by atoms with Gasteiger partial charge in [-0.2, -0.15) is 0 Å². The van der Waals surface area contributed by atoms with Crippen molar-refractivity contribution in [2.24, 2.45) is 0 Å². The first-order chi connectivity index (χ1) is 6.77. The van der Waals surface area contributed by atoms with Gasteiger partial charge in [-0.25, -0.2) is 0 Å². The predicted molar refractivity (Wildman–Crippen MR) is 60.4 cm³/mol. The minimum Gasteiger partial charge on any atom is -0.254 e. The monoisotopic (exact) mass is 188 g/mol. The maximum absolute atomic E-state index is 4.37. The van der Waals surface area contributed by atoms with Crippen molar-refractivity contribution in [1.82, 2.24) is 9.97 Å². The highest BCUT2D eigenvalue weighted by molar-refractivity contribution is 5.77. The van der Waals surface area contributed by atoms with E-state index in [0.29, 0.717) is 0 Å². The second-order valence-corrected chi connectivity index (χ2v) is 2.95. The van der Waals surface area contributed by atoms with Gasteiger partial charge in [0.15, 0.2) is 0 Å². The van der Waals surface area contributed by atoms with Crippen molar-refractivity contribution in [3.63, 3.8) is 0 Å². The lowest BCUT2D eigenvalue weighted by molar-refractivity contribution is 1.21. The van der Waals surface area contributed by atoms with Crippen LogP contribution in [0.5, 0.6) is 0 Å². The Balaban J connectivity index is 0.000000461. The van der Waals surface area contributed by atoms with Crippen LogP contribution in [0.25, 0.3) is 11.0 Å². The third-order valence-corrected chi connectivity index (χ3v) is 1.88. The lowest BCUT2D eigenvalue weighted by Gasteiger charge is -2.00. The Hall–Kier alpha value is -1.44. The molecule has 2 aromatic heterocycles. The van der Waals surface area contributed by atoms with Gasteiger partial charge in [0.05, 0.1) is 11.0 Å². The van der Waals surface area contributed by atoms with Gasteiger partial charge in [0.25, 0.3) is 0 Å². The van der Waals surface area contributed by atoms with Crippen LogP contribution in [0, 0.1) is 13.8 Å². The number of nitrogens with zero attached hydrogens (tertiary/aromatic N) is 2. The summed E-state index contributed by atoms with van der Waals surface area (Å²) in [5.41, 5.74) is 4.23. The van der Waals surface area contributed by atoms with Gasteiger partial charge >= 0.3 is 0 Å². The number of aryl methyl sites for hydroxylation is 2. The fraction of sp³-hybridized carbons (Fsp3) is 0.333. The van der Waals surface area contributed by atoms with Crippen LogP contribution >= 0.6 is 0 Å². The van der Waals surface area contributed by atoms with Crippen LogP contribution in [0.4, 0.5) is 0 Å². The average Bonchev–Trinajstić information content (AvgIpc) is 2.20. The number of rotatable bonds is 0. The standard InChI is InChI=1S/C10H10N2.C2H6/c1-7-6-8(2)12-9-4-3-5-11-10(7)9;1-2/h3-6H,1-2H3;1-2H3. The number of hydrogen-bond acceptors (Lipinski definition) is 2. The molecule has 2 aromatic rings. The van der Waals surface area contributed by atoms with Crippen LogP contribution in [0.15, 0.2) is 24.4 Å². The molecule has 0 aliphatic heterocycles. The predicted octanol–water partition coefficient (Wildman–Crippen LogP) is 3.27. The summed E-state index contributed by atoms with van der Waals surface area (Å²) in [6.07, 6.45) is 1.80. The van der Waals surface area contributed by atoms with E-state index in [1.165, 1.54) is 5.56 Å². The maximum atomic E-state index is 4.37. The molecule has 2 rings (SSSR count). The van der Waals surface area contributed by atoms with Crippen molar-refractivity contribution >= 4 is 11.0 Å². The molecule has 0 atom stereocenters. The molecule has 0 aromatic carbocycles. The smallest absolute Gasteiger partial charge is 0.0915 e. The molecule has 0 spiro atoms. The van der Waals surface area contributed by atoms with Crippen LogP contribution < -0.4 is 0 Å². The number of pyridine rings is 2. The SMILES string of the molecule is CC.Cc1cc(C)c2ncccc2n1. The van der Waals surface area contributed by atoms with Crippen LogP contribution in [-0.4, -0.2) is 9.97 Å². The molecule has 0 saturated carbocycles. The largest absolute Gasteiger partial charge is 0.254 e. The van der Waals surface area contributed by atoms with Gasteiger partial charge in [0.1, 0.15) is 0 Å². The topological polar surface area (TPSA) is 25.8 Å². The Labute approximate surface area is 85.0 Å². The van der Waals surface area contributed by atoms with Crippen molar-refractivity contribution in [1.29, 1.82) is 0 Å². The van der Waals surface area contributed by atoms with Gasteiger partial charge in [-0.15, -0.1) is 0 Å². The van der Waals surface area contributed by atoms with Crippen LogP contribution in [-0.2, 0) is 0 Å². The molecular weight excluding hydrogens is 172 g/mol. The molecule has 0 saturated heterocycles. The van der Waals surface area contributed by atoms with E-state index in [9.17, 15) is 0 Å². The van der Waals surface area contributed by atoms with Gasteiger partial charge in [-0.05, 0) is 37.6 Å². The molecule has 0 aliphatic carbocycles. The number of hydrogen-bond donors (Lipinski definition) is 0. The summed E-state index contributed by atoms with van der Waals surface area (Å²) in [6, 6.07) is 5.95. The molecule has 0 bridgehead atoms. The lowest BCUT2D eigenvalue weighted by atomic mass is 10.2. The fourth-order valence-corrected chi connectivity index (χ4v) is 1.39. The minimum absolute atomic E-state index is 0.981. The lowest BCUT2D eigenvalue weighted by Crippen LogP contribution is -1.88. The third-order valence-electron chi connectivity index (χ3n) is 1.88. The Kier molecular flexibility index (Phi) is 3.57. The zero-order valence-corrected chi connectivity index (χ0v) is 9.20. The molecule has 0 unspecified atom stereocenters. The van der Waals surface area contributed by atoms with Gasteiger partial charge in [0.2, 0.25) is 0 Å². The maximum Gasteiger partial charge on any atom is 0.0915 e. The summed E-state index contributed by atoms with van der Waals surface area (Å²) in [7, 11) is 0. The quantitative estimate of drug-likeness (QED) is 0.634. The highest BCUT2D eigenvalue weighted by Crippen LogP contribution is 2.13. The Morgan fingerprint density at radius 2 is 1.86 bits per heavy atom. The molecule has 0 aliphatic rings. The molecule has 0 radical (unpaired) electrons. The van der Waals surface area contributed by atoms with Gasteiger partial charge < -0.3 is 0 Å². The molecule has 14 heavy (non-hydrogen) atoms. The Morgan fingerprint density at radius 3 is 2.57 bits per heavy atom. The highest BCUT2D eigenvalue weighted by atomic mass is 14.8. The summed E-state index contributed by atoms with van der Waals surface area (Å²) >= 11 is 0. The number of aromatic nitrogens is 2. The molecule has 0 fully saturated rings. The van der Waals surface area contributed by atoms with Gasteiger partial charge in [0, 0.05) is 11.9 Å². The van der Waals surface area contributed by atoms with E-state index in [4.69, 9.17) is 0 Å². The van der Waals surface area contributed by atoms with Crippen molar-refractivity contribution < 1.29 is 0 Å². The average molecular weight is 188 g/mol. The minimum atomic E-state index is 0.981. The first-order valence-electron chi connectivity index (χ1n) is 4.96. The molecule has 0 amide bonds. The molecular formula is C12H16N2. The van der Waals surface area contributed by atoms with E-state index in [-0.39, 0.29) is 0 Å². The second-order valence-electron chi connectivity index (χ2n) is 2.95. The Bertz CT molecular complexity index is 422. The fourth-order valence-electron chi connectivity index (χ4n) is 1.39.